The third kappa shape index (κ3) is 2.89. The second-order valence-electron chi connectivity index (χ2n) is 4.09. The molecule has 72 valence electrons. The SMILES string of the molecule is Cc1ncc(C(=O)NC(C)(C)C)[nH]1. The molecule has 0 aliphatic rings. The molecule has 0 unspecified atom stereocenters. The van der Waals surface area contributed by atoms with Crippen molar-refractivity contribution in [2.45, 2.75) is 33.2 Å². The van der Waals surface area contributed by atoms with E-state index in [2.05, 4.69) is 15.3 Å². The molecule has 0 bridgehead atoms. The summed E-state index contributed by atoms with van der Waals surface area (Å²) in [5.41, 5.74) is 0.295. The van der Waals surface area contributed by atoms with Gasteiger partial charge in [-0.05, 0) is 27.7 Å². The number of carbonyl (C=O) groups is 1. The van der Waals surface area contributed by atoms with Crippen molar-refractivity contribution in [1.29, 1.82) is 0 Å². The van der Waals surface area contributed by atoms with Crippen LogP contribution in [0.15, 0.2) is 6.20 Å². The lowest BCUT2D eigenvalue weighted by Gasteiger charge is -2.19. The molecule has 1 aromatic heterocycles. The molecule has 4 heteroatoms. The Kier molecular flexibility index (Phi) is 2.40. The molecule has 0 atom stereocenters. The van der Waals surface area contributed by atoms with Crippen molar-refractivity contribution in [3.05, 3.63) is 17.7 Å². The van der Waals surface area contributed by atoms with Gasteiger partial charge in [0.25, 0.3) is 5.91 Å². The fraction of sp³-hybridized carbons (Fsp3) is 0.556. The molecular weight excluding hydrogens is 166 g/mol. The van der Waals surface area contributed by atoms with E-state index in [1.54, 1.807) is 0 Å². The van der Waals surface area contributed by atoms with Gasteiger partial charge < -0.3 is 10.3 Å². The smallest absolute Gasteiger partial charge is 0.269 e. The summed E-state index contributed by atoms with van der Waals surface area (Å²) < 4.78 is 0. The molecule has 1 rings (SSSR count). The first-order valence-corrected chi connectivity index (χ1v) is 4.22. The van der Waals surface area contributed by atoms with Crippen LogP contribution in [-0.2, 0) is 0 Å². The lowest BCUT2D eigenvalue weighted by atomic mass is 10.1. The maximum Gasteiger partial charge on any atom is 0.269 e. The third-order valence-corrected chi connectivity index (χ3v) is 1.44. The topological polar surface area (TPSA) is 57.8 Å². The van der Waals surface area contributed by atoms with Crippen LogP contribution in [0.4, 0.5) is 0 Å². The first kappa shape index (κ1) is 9.77. The Morgan fingerprint density at radius 2 is 2.15 bits per heavy atom. The van der Waals surface area contributed by atoms with Gasteiger partial charge in [-0.1, -0.05) is 0 Å². The van der Waals surface area contributed by atoms with E-state index in [0.717, 1.165) is 5.82 Å². The van der Waals surface area contributed by atoms with Crippen LogP contribution in [0.25, 0.3) is 0 Å². The van der Waals surface area contributed by atoms with Crippen LogP contribution in [0, 0.1) is 6.92 Å². The number of aromatic amines is 1. The first-order valence-electron chi connectivity index (χ1n) is 4.22. The Bertz CT molecular complexity index is 309. The molecule has 2 N–H and O–H groups in total. The fourth-order valence-electron chi connectivity index (χ4n) is 0.944. The zero-order valence-corrected chi connectivity index (χ0v) is 8.43. The van der Waals surface area contributed by atoms with Gasteiger partial charge in [-0.15, -0.1) is 0 Å². The average molecular weight is 181 g/mol. The monoisotopic (exact) mass is 181 g/mol. The number of aryl methyl sites for hydroxylation is 1. The summed E-state index contributed by atoms with van der Waals surface area (Å²) >= 11 is 0. The first-order chi connectivity index (χ1) is 5.88. The van der Waals surface area contributed by atoms with E-state index in [-0.39, 0.29) is 11.4 Å². The molecule has 0 spiro atoms. The minimum atomic E-state index is -0.212. The largest absolute Gasteiger partial charge is 0.346 e. The molecule has 4 nitrogen and oxygen atoms in total. The van der Waals surface area contributed by atoms with Gasteiger partial charge in [-0.2, -0.15) is 0 Å². The Labute approximate surface area is 77.8 Å². The normalized spacial score (nSPS) is 11.4. The van der Waals surface area contributed by atoms with Gasteiger partial charge in [0.1, 0.15) is 11.5 Å². The number of amides is 1. The zero-order valence-electron chi connectivity index (χ0n) is 8.43. The minimum Gasteiger partial charge on any atom is -0.346 e. The van der Waals surface area contributed by atoms with Crippen LogP contribution in [0.1, 0.15) is 37.1 Å². The van der Waals surface area contributed by atoms with Crippen LogP contribution < -0.4 is 5.32 Å². The molecule has 0 radical (unpaired) electrons. The quantitative estimate of drug-likeness (QED) is 0.685. The second-order valence-corrected chi connectivity index (χ2v) is 4.09. The summed E-state index contributed by atoms with van der Waals surface area (Å²) in [4.78, 5) is 18.3. The summed E-state index contributed by atoms with van der Waals surface area (Å²) in [6, 6.07) is 0. The van der Waals surface area contributed by atoms with E-state index in [1.165, 1.54) is 6.20 Å². The fourth-order valence-corrected chi connectivity index (χ4v) is 0.944. The zero-order chi connectivity index (χ0) is 10.1. The van der Waals surface area contributed by atoms with Crippen molar-refractivity contribution in [3.63, 3.8) is 0 Å². The summed E-state index contributed by atoms with van der Waals surface area (Å²) in [5, 5.41) is 2.84. The molecular formula is C9H15N3O. The predicted molar refractivity (Wildman–Crippen MR) is 50.5 cm³/mol. The van der Waals surface area contributed by atoms with Crippen LogP contribution in [0.3, 0.4) is 0 Å². The maximum absolute atomic E-state index is 11.5. The van der Waals surface area contributed by atoms with Gasteiger partial charge in [0.2, 0.25) is 0 Å². The van der Waals surface area contributed by atoms with Gasteiger partial charge in [0.05, 0.1) is 6.20 Å². The van der Waals surface area contributed by atoms with Crippen molar-refractivity contribution in [1.82, 2.24) is 15.3 Å². The average Bonchev–Trinajstić information content (AvgIpc) is 2.31. The summed E-state index contributed by atoms with van der Waals surface area (Å²) in [7, 11) is 0. The third-order valence-electron chi connectivity index (χ3n) is 1.44. The predicted octanol–water partition coefficient (Wildman–Crippen LogP) is 1.25. The number of imidazole rings is 1. The number of nitrogens with one attached hydrogen (secondary N) is 2. The summed E-state index contributed by atoms with van der Waals surface area (Å²) in [6.45, 7) is 7.63. The Balaban J connectivity index is 2.70. The standard InChI is InChI=1S/C9H15N3O/c1-6-10-5-7(11-6)8(13)12-9(2,3)4/h5H,1-4H3,(H,10,11)(H,12,13). The van der Waals surface area contributed by atoms with Crippen LogP contribution in [0.2, 0.25) is 0 Å². The number of carbonyl (C=O) groups excluding carboxylic acids is 1. The lowest BCUT2D eigenvalue weighted by molar-refractivity contribution is 0.0915. The van der Waals surface area contributed by atoms with Gasteiger partial charge in [0, 0.05) is 5.54 Å². The van der Waals surface area contributed by atoms with Crippen molar-refractivity contribution in [2.24, 2.45) is 0 Å². The van der Waals surface area contributed by atoms with E-state index in [4.69, 9.17) is 0 Å². The number of H-pyrrole nitrogens is 1. The molecule has 1 aromatic rings. The molecule has 13 heavy (non-hydrogen) atoms. The highest BCUT2D eigenvalue weighted by Crippen LogP contribution is 2.02. The number of nitrogens with zero attached hydrogens (tertiary/aromatic N) is 1. The number of rotatable bonds is 1. The number of hydrogen-bond acceptors (Lipinski definition) is 2. The minimum absolute atomic E-state index is 0.117. The highest BCUT2D eigenvalue weighted by atomic mass is 16.2. The van der Waals surface area contributed by atoms with E-state index in [9.17, 15) is 4.79 Å². The molecule has 0 aromatic carbocycles. The Morgan fingerprint density at radius 3 is 2.54 bits per heavy atom. The lowest BCUT2D eigenvalue weighted by Crippen LogP contribution is -2.40. The van der Waals surface area contributed by atoms with E-state index in [1.807, 2.05) is 27.7 Å². The van der Waals surface area contributed by atoms with Crippen LogP contribution in [-0.4, -0.2) is 21.4 Å². The van der Waals surface area contributed by atoms with E-state index in [0.29, 0.717) is 5.69 Å². The number of aromatic nitrogens is 2. The van der Waals surface area contributed by atoms with Crippen molar-refractivity contribution < 1.29 is 4.79 Å². The number of hydrogen-bond donors (Lipinski definition) is 2. The molecule has 0 saturated heterocycles. The highest BCUT2D eigenvalue weighted by molar-refractivity contribution is 5.92. The highest BCUT2D eigenvalue weighted by Gasteiger charge is 2.16. The Hall–Kier alpha value is -1.32. The summed E-state index contributed by atoms with van der Waals surface area (Å²) in [5.74, 6) is 0.632. The van der Waals surface area contributed by atoms with Gasteiger partial charge in [-0.25, -0.2) is 4.98 Å². The Morgan fingerprint density at radius 1 is 1.54 bits per heavy atom. The van der Waals surface area contributed by atoms with Crippen molar-refractivity contribution in [2.75, 3.05) is 0 Å². The molecule has 0 fully saturated rings. The van der Waals surface area contributed by atoms with E-state index < -0.39 is 0 Å². The van der Waals surface area contributed by atoms with Crippen LogP contribution in [0.5, 0.6) is 0 Å². The van der Waals surface area contributed by atoms with Gasteiger partial charge in [0.15, 0.2) is 0 Å². The molecule has 0 aliphatic carbocycles. The maximum atomic E-state index is 11.5. The second kappa shape index (κ2) is 3.20. The molecule has 1 amide bonds. The van der Waals surface area contributed by atoms with Gasteiger partial charge >= 0.3 is 0 Å². The summed E-state index contributed by atoms with van der Waals surface area (Å²) in [6.07, 6.45) is 1.54. The molecule has 1 heterocycles. The van der Waals surface area contributed by atoms with Gasteiger partial charge in [-0.3, -0.25) is 4.79 Å². The van der Waals surface area contributed by atoms with Crippen molar-refractivity contribution in [3.8, 4) is 0 Å². The molecule has 0 saturated carbocycles. The van der Waals surface area contributed by atoms with Crippen LogP contribution >= 0.6 is 0 Å². The van der Waals surface area contributed by atoms with E-state index >= 15 is 0 Å². The van der Waals surface area contributed by atoms with Crippen molar-refractivity contribution >= 4 is 5.91 Å². The molecule has 0 aliphatic heterocycles.